The molecule has 0 bridgehead atoms. The summed E-state index contributed by atoms with van der Waals surface area (Å²) in [4.78, 5) is 28.7. The lowest BCUT2D eigenvalue weighted by Gasteiger charge is -2.32. The minimum atomic E-state index is -3.71. The minimum absolute atomic E-state index is 0.0213. The largest absolute Gasteiger partial charge is 0.355 e. The second-order valence-corrected chi connectivity index (χ2v) is 12.4. The Bertz CT molecular complexity index is 1420. The lowest BCUT2D eigenvalue weighted by molar-refractivity contribution is -0.141. The Balaban J connectivity index is 1.88. The van der Waals surface area contributed by atoms with Crippen LogP contribution in [0.2, 0.25) is 10.0 Å². The van der Waals surface area contributed by atoms with Crippen molar-refractivity contribution >= 4 is 50.7 Å². The highest BCUT2D eigenvalue weighted by atomic mass is 35.5. The Hall–Kier alpha value is -3.07. The maximum Gasteiger partial charge on any atom is 0.243 e. The topological polar surface area (TPSA) is 86.8 Å². The Morgan fingerprint density at radius 1 is 0.950 bits per heavy atom. The van der Waals surface area contributed by atoms with Gasteiger partial charge in [0.1, 0.15) is 6.04 Å². The number of nitrogens with zero attached hydrogens (tertiary/aromatic N) is 2. The Morgan fingerprint density at radius 2 is 1.65 bits per heavy atom. The molecule has 0 saturated heterocycles. The fraction of sp³-hybridized carbons (Fsp3) is 0.333. The standard InChI is InChI=1S/C30H35Cl2N3O4S/c1-4-33-30(37)28(19-23-11-6-5-7-12-23)34(21-24-13-8-10-22(2)18-24)29(36)14-9-17-35(40(3,38)39)27-20-25(31)15-16-26(27)32/h5-8,10-13,15-16,18,20,28H,4,9,14,17,19,21H2,1-3H3,(H,33,37)/t28-/m0/s1. The second-order valence-electron chi connectivity index (χ2n) is 9.65. The van der Waals surface area contributed by atoms with Crippen molar-refractivity contribution in [1.82, 2.24) is 10.2 Å². The van der Waals surface area contributed by atoms with Crippen molar-refractivity contribution < 1.29 is 18.0 Å². The van der Waals surface area contributed by atoms with Crippen LogP contribution in [0.5, 0.6) is 0 Å². The van der Waals surface area contributed by atoms with Crippen LogP contribution < -0.4 is 9.62 Å². The highest BCUT2D eigenvalue weighted by Crippen LogP contribution is 2.31. The van der Waals surface area contributed by atoms with E-state index in [1.165, 1.54) is 12.1 Å². The van der Waals surface area contributed by atoms with Crippen LogP contribution >= 0.6 is 23.2 Å². The summed E-state index contributed by atoms with van der Waals surface area (Å²) in [5, 5.41) is 3.46. The number of rotatable bonds is 13. The first-order valence-electron chi connectivity index (χ1n) is 13.1. The van der Waals surface area contributed by atoms with Gasteiger partial charge in [0.15, 0.2) is 0 Å². The number of aryl methyl sites for hydroxylation is 1. The van der Waals surface area contributed by atoms with Crippen LogP contribution in [-0.2, 0) is 32.6 Å². The third-order valence-electron chi connectivity index (χ3n) is 6.39. The van der Waals surface area contributed by atoms with Crippen LogP contribution in [0.3, 0.4) is 0 Å². The summed E-state index contributed by atoms with van der Waals surface area (Å²) < 4.78 is 26.4. The van der Waals surface area contributed by atoms with Gasteiger partial charge in [-0.05, 0) is 49.6 Å². The van der Waals surface area contributed by atoms with Crippen molar-refractivity contribution in [3.05, 3.63) is 99.5 Å². The average Bonchev–Trinajstić information content (AvgIpc) is 2.90. The van der Waals surface area contributed by atoms with E-state index in [0.29, 0.717) is 18.0 Å². The van der Waals surface area contributed by atoms with Crippen molar-refractivity contribution in [2.75, 3.05) is 23.7 Å². The quantitative estimate of drug-likeness (QED) is 0.274. The SMILES string of the molecule is CCNC(=O)[C@H](Cc1ccccc1)N(Cc1cccc(C)c1)C(=O)CCCN(c1cc(Cl)ccc1Cl)S(C)(=O)=O. The average molecular weight is 605 g/mol. The van der Waals surface area contributed by atoms with E-state index in [2.05, 4.69) is 5.32 Å². The lowest BCUT2D eigenvalue weighted by atomic mass is 10.0. The van der Waals surface area contributed by atoms with Crippen molar-refractivity contribution in [3.8, 4) is 0 Å². The summed E-state index contributed by atoms with van der Waals surface area (Å²) in [5.74, 6) is -0.491. The molecule has 1 atom stereocenters. The molecule has 40 heavy (non-hydrogen) atoms. The maximum atomic E-state index is 13.8. The molecular formula is C30H35Cl2N3O4S. The molecule has 10 heteroatoms. The Kier molecular flexibility index (Phi) is 11.4. The third-order valence-corrected chi connectivity index (χ3v) is 8.12. The van der Waals surface area contributed by atoms with E-state index in [4.69, 9.17) is 23.2 Å². The van der Waals surface area contributed by atoms with Gasteiger partial charge < -0.3 is 10.2 Å². The first kappa shape index (κ1) is 31.5. The lowest BCUT2D eigenvalue weighted by Crippen LogP contribution is -2.50. The molecule has 214 valence electrons. The number of carbonyl (C=O) groups excluding carboxylic acids is 2. The molecule has 0 aliphatic heterocycles. The highest BCUT2D eigenvalue weighted by Gasteiger charge is 2.30. The zero-order valence-corrected chi connectivity index (χ0v) is 25.3. The number of hydrogen-bond acceptors (Lipinski definition) is 4. The predicted octanol–water partition coefficient (Wildman–Crippen LogP) is 5.62. The molecule has 3 aromatic rings. The molecule has 1 N–H and O–H groups in total. The smallest absolute Gasteiger partial charge is 0.243 e. The van der Waals surface area contributed by atoms with E-state index >= 15 is 0 Å². The van der Waals surface area contributed by atoms with Crippen LogP contribution in [-0.4, -0.2) is 50.5 Å². The molecule has 0 fully saturated rings. The van der Waals surface area contributed by atoms with Crippen LogP contribution in [0.15, 0.2) is 72.8 Å². The first-order chi connectivity index (χ1) is 19.0. The van der Waals surface area contributed by atoms with Gasteiger partial charge in [0, 0.05) is 37.5 Å². The summed E-state index contributed by atoms with van der Waals surface area (Å²) in [5.41, 5.74) is 3.13. The van der Waals surface area contributed by atoms with E-state index < -0.39 is 16.1 Å². The molecule has 2 amide bonds. The van der Waals surface area contributed by atoms with E-state index in [0.717, 1.165) is 27.3 Å². The number of amides is 2. The monoisotopic (exact) mass is 603 g/mol. The van der Waals surface area contributed by atoms with Crippen molar-refractivity contribution in [2.24, 2.45) is 0 Å². The fourth-order valence-corrected chi connectivity index (χ4v) is 5.92. The Morgan fingerprint density at radius 3 is 2.30 bits per heavy atom. The molecular weight excluding hydrogens is 569 g/mol. The van der Waals surface area contributed by atoms with Gasteiger partial charge in [0.2, 0.25) is 21.8 Å². The molecule has 3 rings (SSSR count). The number of anilines is 1. The van der Waals surface area contributed by atoms with Gasteiger partial charge in [0.05, 0.1) is 17.0 Å². The van der Waals surface area contributed by atoms with Crippen LogP contribution in [0.1, 0.15) is 36.5 Å². The molecule has 3 aromatic carbocycles. The van der Waals surface area contributed by atoms with Crippen LogP contribution in [0.25, 0.3) is 0 Å². The second kappa shape index (κ2) is 14.5. The molecule has 0 aromatic heterocycles. The van der Waals surface area contributed by atoms with Gasteiger partial charge in [0.25, 0.3) is 0 Å². The summed E-state index contributed by atoms with van der Waals surface area (Å²) in [6.45, 7) is 4.51. The van der Waals surface area contributed by atoms with Crippen molar-refractivity contribution in [1.29, 1.82) is 0 Å². The number of carbonyl (C=O) groups is 2. The van der Waals surface area contributed by atoms with E-state index in [1.54, 1.807) is 11.0 Å². The fourth-order valence-electron chi connectivity index (χ4n) is 4.51. The molecule has 0 heterocycles. The predicted molar refractivity (Wildman–Crippen MR) is 162 cm³/mol. The summed E-state index contributed by atoms with van der Waals surface area (Å²) in [7, 11) is -3.71. The van der Waals surface area contributed by atoms with Crippen molar-refractivity contribution in [3.63, 3.8) is 0 Å². The number of halogens is 2. The minimum Gasteiger partial charge on any atom is -0.355 e. The van der Waals surface area contributed by atoms with Gasteiger partial charge in [-0.2, -0.15) is 0 Å². The van der Waals surface area contributed by atoms with E-state index in [9.17, 15) is 18.0 Å². The van der Waals surface area contributed by atoms with Crippen LogP contribution in [0.4, 0.5) is 5.69 Å². The molecule has 0 saturated carbocycles. The van der Waals surface area contributed by atoms with Crippen LogP contribution in [0, 0.1) is 6.92 Å². The highest BCUT2D eigenvalue weighted by molar-refractivity contribution is 7.92. The zero-order valence-electron chi connectivity index (χ0n) is 22.9. The number of nitrogens with one attached hydrogen (secondary N) is 1. The summed E-state index contributed by atoms with van der Waals surface area (Å²) >= 11 is 12.4. The van der Waals surface area contributed by atoms with Gasteiger partial charge in [-0.3, -0.25) is 13.9 Å². The number of benzene rings is 3. The van der Waals surface area contributed by atoms with Gasteiger partial charge in [-0.25, -0.2) is 8.42 Å². The summed E-state index contributed by atoms with van der Waals surface area (Å²) in [6.07, 6.45) is 1.67. The molecule has 0 unspecified atom stereocenters. The molecule has 0 spiro atoms. The van der Waals surface area contributed by atoms with Crippen molar-refractivity contribution in [2.45, 2.75) is 45.7 Å². The normalized spacial score (nSPS) is 12.0. The molecule has 0 radical (unpaired) electrons. The molecule has 0 aliphatic rings. The van der Waals surface area contributed by atoms with Gasteiger partial charge >= 0.3 is 0 Å². The number of sulfonamides is 1. The Labute approximate surface area is 247 Å². The zero-order chi connectivity index (χ0) is 29.3. The first-order valence-corrected chi connectivity index (χ1v) is 15.7. The van der Waals surface area contributed by atoms with Gasteiger partial charge in [-0.1, -0.05) is 83.4 Å². The third kappa shape index (κ3) is 8.98. The summed E-state index contributed by atoms with van der Waals surface area (Å²) in [6, 6.07) is 21.2. The number of hydrogen-bond donors (Lipinski definition) is 1. The van der Waals surface area contributed by atoms with E-state index in [-0.39, 0.29) is 48.5 Å². The molecule has 7 nitrogen and oxygen atoms in total. The maximum absolute atomic E-state index is 13.8. The van der Waals surface area contributed by atoms with E-state index in [1.807, 2.05) is 68.4 Å². The number of likely N-dealkylation sites (N-methyl/N-ethyl adjacent to an activating group) is 1. The molecule has 0 aliphatic carbocycles. The van der Waals surface area contributed by atoms with Gasteiger partial charge in [-0.15, -0.1) is 0 Å².